The van der Waals surface area contributed by atoms with Gasteiger partial charge in [0.2, 0.25) is 5.91 Å². The molecular weight excluding hydrogens is 318 g/mol. The van der Waals surface area contributed by atoms with Crippen LogP contribution in [-0.2, 0) is 11.3 Å². The second kappa shape index (κ2) is 7.17. The van der Waals surface area contributed by atoms with Crippen LogP contribution in [0.1, 0.15) is 34.5 Å². The summed E-state index contributed by atoms with van der Waals surface area (Å²) in [6.07, 6.45) is 0. The summed E-state index contributed by atoms with van der Waals surface area (Å²) in [5, 5.41) is 5.44. The molecule has 2 aromatic carbocycles. The minimum atomic E-state index is -0.433. The number of amides is 4. The van der Waals surface area contributed by atoms with E-state index in [2.05, 4.69) is 10.6 Å². The van der Waals surface area contributed by atoms with E-state index in [-0.39, 0.29) is 30.9 Å². The molecule has 1 heterocycles. The number of imide groups is 1. The predicted molar refractivity (Wildman–Crippen MR) is 92.7 cm³/mol. The molecule has 128 valence electrons. The molecule has 0 aliphatic carbocycles. The minimum Gasteiger partial charge on any atom is -0.346 e. The smallest absolute Gasteiger partial charge is 0.324 e. The van der Waals surface area contributed by atoms with Gasteiger partial charge in [0, 0.05) is 5.56 Å². The highest BCUT2D eigenvalue weighted by atomic mass is 16.2. The maximum Gasteiger partial charge on any atom is 0.324 e. The Bertz CT molecular complexity index is 789. The van der Waals surface area contributed by atoms with E-state index >= 15 is 0 Å². The summed E-state index contributed by atoms with van der Waals surface area (Å²) in [4.78, 5) is 37.3. The van der Waals surface area contributed by atoms with Crippen molar-refractivity contribution in [3.8, 4) is 0 Å². The van der Waals surface area contributed by atoms with Gasteiger partial charge in [0.05, 0.1) is 19.1 Å². The molecule has 0 radical (unpaired) electrons. The number of rotatable bonds is 5. The second-order valence-electron chi connectivity index (χ2n) is 5.90. The highest BCUT2D eigenvalue weighted by molar-refractivity contribution is 6.02. The lowest BCUT2D eigenvalue weighted by molar-refractivity contribution is -0.125. The molecule has 1 fully saturated rings. The molecule has 0 aromatic heterocycles. The molecule has 0 unspecified atom stereocenters. The maximum absolute atomic E-state index is 12.7. The predicted octanol–water partition coefficient (Wildman–Crippen LogP) is 2.23. The Morgan fingerprint density at radius 1 is 1.12 bits per heavy atom. The average molecular weight is 337 g/mol. The van der Waals surface area contributed by atoms with Crippen LogP contribution in [0.3, 0.4) is 0 Å². The highest BCUT2D eigenvalue weighted by Crippen LogP contribution is 2.17. The van der Waals surface area contributed by atoms with Crippen molar-refractivity contribution in [3.05, 3.63) is 71.3 Å². The number of carbonyl (C=O) groups is 3. The summed E-state index contributed by atoms with van der Waals surface area (Å²) in [6.45, 7) is 1.99. The number of urea groups is 1. The lowest BCUT2D eigenvalue weighted by Crippen LogP contribution is -2.32. The third-order valence-electron chi connectivity index (χ3n) is 4.17. The van der Waals surface area contributed by atoms with Gasteiger partial charge >= 0.3 is 6.03 Å². The molecule has 3 rings (SSSR count). The van der Waals surface area contributed by atoms with Gasteiger partial charge in [-0.2, -0.15) is 0 Å². The summed E-state index contributed by atoms with van der Waals surface area (Å²) in [5.41, 5.74) is 2.09. The first-order chi connectivity index (χ1) is 12.1. The first-order valence-corrected chi connectivity index (χ1v) is 8.08. The molecule has 1 saturated heterocycles. The Hall–Kier alpha value is -3.15. The summed E-state index contributed by atoms with van der Waals surface area (Å²) >= 11 is 0. The zero-order valence-corrected chi connectivity index (χ0v) is 13.9. The van der Waals surface area contributed by atoms with Crippen molar-refractivity contribution in [2.24, 2.45) is 0 Å². The minimum absolute atomic E-state index is 0.00175. The Kier molecular flexibility index (Phi) is 4.79. The van der Waals surface area contributed by atoms with Crippen LogP contribution >= 0.6 is 0 Å². The van der Waals surface area contributed by atoms with E-state index in [0.29, 0.717) is 11.1 Å². The fraction of sp³-hybridized carbons (Fsp3) is 0.211. The van der Waals surface area contributed by atoms with E-state index < -0.39 is 6.03 Å². The van der Waals surface area contributed by atoms with E-state index in [0.717, 1.165) is 10.5 Å². The number of hydrogen-bond donors (Lipinski definition) is 2. The molecule has 0 saturated carbocycles. The van der Waals surface area contributed by atoms with Gasteiger partial charge in [-0.1, -0.05) is 48.5 Å². The Morgan fingerprint density at radius 2 is 1.80 bits per heavy atom. The van der Waals surface area contributed by atoms with Crippen molar-refractivity contribution in [1.29, 1.82) is 0 Å². The van der Waals surface area contributed by atoms with Crippen LogP contribution in [0.2, 0.25) is 0 Å². The molecule has 1 atom stereocenters. The van der Waals surface area contributed by atoms with Crippen LogP contribution in [0.25, 0.3) is 0 Å². The molecular formula is C19H19N3O3. The molecule has 1 aliphatic heterocycles. The van der Waals surface area contributed by atoms with E-state index in [1.54, 1.807) is 24.3 Å². The highest BCUT2D eigenvalue weighted by Gasteiger charge is 2.29. The average Bonchev–Trinajstić information content (AvgIpc) is 2.95. The largest absolute Gasteiger partial charge is 0.346 e. The molecule has 0 spiro atoms. The van der Waals surface area contributed by atoms with Gasteiger partial charge < -0.3 is 10.6 Å². The van der Waals surface area contributed by atoms with E-state index in [1.165, 1.54) is 0 Å². The lowest BCUT2D eigenvalue weighted by Gasteiger charge is -2.18. The van der Waals surface area contributed by atoms with E-state index in [9.17, 15) is 14.4 Å². The van der Waals surface area contributed by atoms with Crippen LogP contribution in [0.5, 0.6) is 0 Å². The van der Waals surface area contributed by atoms with Crippen LogP contribution in [0.4, 0.5) is 4.79 Å². The van der Waals surface area contributed by atoms with Gasteiger partial charge in [-0.25, -0.2) is 4.79 Å². The normalized spacial score (nSPS) is 15.0. The molecule has 1 aliphatic rings. The number of nitrogens with one attached hydrogen (secondary N) is 2. The van der Waals surface area contributed by atoms with Crippen molar-refractivity contribution in [3.63, 3.8) is 0 Å². The Morgan fingerprint density at radius 3 is 2.48 bits per heavy atom. The summed E-state index contributed by atoms with van der Waals surface area (Å²) in [6, 6.07) is 16.1. The van der Waals surface area contributed by atoms with Crippen LogP contribution in [0.15, 0.2) is 54.6 Å². The van der Waals surface area contributed by atoms with Crippen LogP contribution in [-0.4, -0.2) is 29.3 Å². The van der Waals surface area contributed by atoms with Crippen molar-refractivity contribution >= 4 is 17.8 Å². The number of nitrogens with zero attached hydrogens (tertiary/aromatic N) is 1. The molecule has 25 heavy (non-hydrogen) atoms. The van der Waals surface area contributed by atoms with Gasteiger partial charge in [-0.05, 0) is 24.1 Å². The molecule has 6 nitrogen and oxygen atoms in total. The van der Waals surface area contributed by atoms with Gasteiger partial charge in [0.15, 0.2) is 0 Å². The summed E-state index contributed by atoms with van der Waals surface area (Å²) in [5.74, 6) is -0.531. The zero-order chi connectivity index (χ0) is 17.8. The molecule has 2 N–H and O–H groups in total. The van der Waals surface area contributed by atoms with E-state index in [4.69, 9.17) is 0 Å². The Labute approximate surface area is 145 Å². The Balaban J connectivity index is 1.77. The standard InChI is InChI=1S/C19H19N3O3/c1-13(14-7-3-2-4-8-14)21-18(24)16-10-6-5-9-15(16)12-22-17(23)11-20-19(22)25/h2-10,13H,11-12H2,1H3,(H,20,25)(H,21,24)/t13-/m0/s1. The number of hydrogen-bond acceptors (Lipinski definition) is 3. The molecule has 6 heteroatoms. The van der Waals surface area contributed by atoms with Crippen molar-refractivity contribution < 1.29 is 14.4 Å². The van der Waals surface area contributed by atoms with Gasteiger partial charge in [-0.15, -0.1) is 0 Å². The molecule has 0 bridgehead atoms. The molecule has 2 aromatic rings. The summed E-state index contributed by atoms with van der Waals surface area (Å²) < 4.78 is 0. The number of benzene rings is 2. The van der Waals surface area contributed by atoms with Crippen molar-refractivity contribution in [1.82, 2.24) is 15.5 Å². The third kappa shape index (κ3) is 3.68. The second-order valence-corrected chi connectivity index (χ2v) is 5.90. The van der Waals surface area contributed by atoms with Crippen LogP contribution < -0.4 is 10.6 Å². The van der Waals surface area contributed by atoms with Gasteiger partial charge in [0.1, 0.15) is 0 Å². The van der Waals surface area contributed by atoms with Gasteiger partial charge in [-0.3, -0.25) is 14.5 Å². The van der Waals surface area contributed by atoms with Crippen LogP contribution in [0, 0.1) is 0 Å². The zero-order valence-electron chi connectivity index (χ0n) is 13.9. The fourth-order valence-corrected chi connectivity index (χ4v) is 2.76. The first kappa shape index (κ1) is 16.7. The van der Waals surface area contributed by atoms with E-state index in [1.807, 2.05) is 37.3 Å². The lowest BCUT2D eigenvalue weighted by atomic mass is 10.0. The quantitative estimate of drug-likeness (QED) is 0.821. The van der Waals surface area contributed by atoms with Crippen molar-refractivity contribution in [2.75, 3.05) is 6.54 Å². The molecule has 4 amide bonds. The van der Waals surface area contributed by atoms with Crippen molar-refractivity contribution in [2.45, 2.75) is 19.5 Å². The summed E-state index contributed by atoms with van der Waals surface area (Å²) in [7, 11) is 0. The SMILES string of the molecule is C[C@H](NC(=O)c1ccccc1CN1C(=O)CNC1=O)c1ccccc1. The third-order valence-corrected chi connectivity index (χ3v) is 4.17. The number of carbonyl (C=O) groups excluding carboxylic acids is 3. The topological polar surface area (TPSA) is 78.5 Å². The maximum atomic E-state index is 12.7. The monoisotopic (exact) mass is 337 g/mol. The van der Waals surface area contributed by atoms with Gasteiger partial charge in [0.25, 0.3) is 5.91 Å². The fourth-order valence-electron chi connectivity index (χ4n) is 2.76. The first-order valence-electron chi connectivity index (χ1n) is 8.08.